The molecule has 0 unspecified atom stereocenters. The third-order valence-corrected chi connectivity index (χ3v) is 4.27. The Balaban J connectivity index is 2.01. The summed E-state index contributed by atoms with van der Waals surface area (Å²) in [5.74, 6) is 0. The Morgan fingerprint density at radius 3 is 2.50 bits per heavy atom. The third kappa shape index (κ3) is 3.12. The van der Waals surface area contributed by atoms with Gasteiger partial charge in [-0.1, -0.05) is 43.0 Å². The molecule has 2 nitrogen and oxygen atoms in total. The molecule has 1 aliphatic carbocycles. The first kappa shape index (κ1) is 13.6. The predicted molar refractivity (Wildman–Crippen MR) is 75.7 cm³/mol. The summed E-state index contributed by atoms with van der Waals surface area (Å²) in [6, 6.07) is 6.59. The third-order valence-electron chi connectivity index (χ3n) is 4.27. The van der Waals surface area contributed by atoms with E-state index in [2.05, 4.69) is 37.4 Å². The van der Waals surface area contributed by atoms with Crippen molar-refractivity contribution in [2.75, 3.05) is 6.61 Å². The van der Waals surface area contributed by atoms with Gasteiger partial charge in [-0.3, -0.25) is 0 Å². The van der Waals surface area contributed by atoms with E-state index in [4.69, 9.17) is 0 Å². The minimum Gasteiger partial charge on any atom is -0.394 e. The van der Waals surface area contributed by atoms with Crippen molar-refractivity contribution in [2.45, 2.75) is 58.0 Å². The zero-order chi connectivity index (χ0) is 13.0. The summed E-state index contributed by atoms with van der Waals surface area (Å²) < 4.78 is 0. The van der Waals surface area contributed by atoms with Crippen LogP contribution in [0.15, 0.2) is 18.2 Å². The van der Waals surface area contributed by atoms with Crippen LogP contribution in [0.1, 0.15) is 48.8 Å². The number of hydrogen-bond donors (Lipinski definition) is 2. The highest BCUT2D eigenvalue weighted by Gasteiger charge is 2.30. The number of aliphatic hydroxyl groups excluding tert-OH is 1. The standard InChI is InChI=1S/C16H25NO/c1-13-6-7-15(14(2)10-13)11-17-16(12-18)8-4-3-5-9-16/h6-7,10,17-18H,3-5,8-9,11-12H2,1-2H3. The normalized spacial score (nSPS) is 18.8. The van der Waals surface area contributed by atoms with Gasteiger partial charge in [0.1, 0.15) is 0 Å². The number of hydrogen-bond acceptors (Lipinski definition) is 2. The van der Waals surface area contributed by atoms with Crippen molar-refractivity contribution in [3.05, 3.63) is 34.9 Å². The number of nitrogens with one attached hydrogen (secondary N) is 1. The van der Waals surface area contributed by atoms with Crippen molar-refractivity contribution >= 4 is 0 Å². The van der Waals surface area contributed by atoms with E-state index in [1.165, 1.54) is 36.0 Å². The lowest BCUT2D eigenvalue weighted by atomic mass is 9.82. The lowest BCUT2D eigenvalue weighted by Crippen LogP contribution is -2.49. The summed E-state index contributed by atoms with van der Waals surface area (Å²) >= 11 is 0. The summed E-state index contributed by atoms with van der Waals surface area (Å²) in [4.78, 5) is 0. The largest absolute Gasteiger partial charge is 0.394 e. The second kappa shape index (κ2) is 5.85. The maximum absolute atomic E-state index is 9.67. The Morgan fingerprint density at radius 1 is 1.17 bits per heavy atom. The van der Waals surface area contributed by atoms with Gasteiger partial charge in [-0.05, 0) is 37.8 Å². The molecule has 0 radical (unpaired) electrons. The van der Waals surface area contributed by atoms with Gasteiger partial charge in [0.2, 0.25) is 0 Å². The molecule has 0 heterocycles. The van der Waals surface area contributed by atoms with E-state index >= 15 is 0 Å². The summed E-state index contributed by atoms with van der Waals surface area (Å²) in [5.41, 5.74) is 3.96. The van der Waals surface area contributed by atoms with Crippen LogP contribution in [0.3, 0.4) is 0 Å². The quantitative estimate of drug-likeness (QED) is 0.857. The molecular weight excluding hydrogens is 222 g/mol. The zero-order valence-electron chi connectivity index (χ0n) is 11.6. The van der Waals surface area contributed by atoms with Crippen molar-refractivity contribution < 1.29 is 5.11 Å². The summed E-state index contributed by atoms with van der Waals surface area (Å²) in [6.45, 7) is 5.42. The number of aryl methyl sites for hydroxylation is 2. The molecule has 1 aromatic rings. The van der Waals surface area contributed by atoms with Gasteiger partial charge in [-0.25, -0.2) is 0 Å². The number of benzene rings is 1. The van der Waals surface area contributed by atoms with Crippen LogP contribution >= 0.6 is 0 Å². The topological polar surface area (TPSA) is 32.3 Å². The molecule has 0 spiro atoms. The minimum absolute atomic E-state index is 0.0322. The predicted octanol–water partition coefficient (Wildman–Crippen LogP) is 3.09. The van der Waals surface area contributed by atoms with Gasteiger partial charge in [0.15, 0.2) is 0 Å². The van der Waals surface area contributed by atoms with E-state index in [0.29, 0.717) is 0 Å². The summed E-state index contributed by atoms with van der Waals surface area (Å²) in [7, 11) is 0. The van der Waals surface area contributed by atoms with E-state index < -0.39 is 0 Å². The van der Waals surface area contributed by atoms with Crippen molar-refractivity contribution in [3.63, 3.8) is 0 Å². The van der Waals surface area contributed by atoms with Crippen molar-refractivity contribution in [3.8, 4) is 0 Å². The molecule has 18 heavy (non-hydrogen) atoms. The highest BCUT2D eigenvalue weighted by molar-refractivity contribution is 5.30. The summed E-state index contributed by atoms with van der Waals surface area (Å²) in [5, 5.41) is 13.3. The Bertz CT molecular complexity index is 394. The van der Waals surface area contributed by atoms with E-state index in [-0.39, 0.29) is 12.1 Å². The molecule has 0 amide bonds. The monoisotopic (exact) mass is 247 g/mol. The molecule has 1 aromatic carbocycles. The molecular formula is C16H25NO. The molecule has 1 aliphatic rings. The van der Waals surface area contributed by atoms with Gasteiger partial charge < -0.3 is 10.4 Å². The van der Waals surface area contributed by atoms with E-state index in [1.54, 1.807) is 0 Å². The molecule has 0 bridgehead atoms. The van der Waals surface area contributed by atoms with Gasteiger partial charge in [-0.15, -0.1) is 0 Å². The molecule has 0 aliphatic heterocycles. The van der Waals surface area contributed by atoms with Gasteiger partial charge >= 0.3 is 0 Å². The molecule has 0 aromatic heterocycles. The fraction of sp³-hybridized carbons (Fsp3) is 0.625. The first-order valence-electron chi connectivity index (χ1n) is 7.07. The second-order valence-corrected chi connectivity index (χ2v) is 5.78. The molecule has 2 rings (SSSR count). The minimum atomic E-state index is -0.0322. The van der Waals surface area contributed by atoms with Gasteiger partial charge in [-0.2, -0.15) is 0 Å². The van der Waals surface area contributed by atoms with Crippen LogP contribution < -0.4 is 5.32 Å². The molecule has 100 valence electrons. The van der Waals surface area contributed by atoms with E-state index in [0.717, 1.165) is 19.4 Å². The molecule has 2 heteroatoms. The number of rotatable bonds is 4. The fourth-order valence-corrected chi connectivity index (χ4v) is 2.95. The SMILES string of the molecule is Cc1ccc(CNC2(CO)CCCCC2)c(C)c1. The lowest BCUT2D eigenvalue weighted by Gasteiger charge is -2.37. The maximum Gasteiger partial charge on any atom is 0.0613 e. The van der Waals surface area contributed by atoms with Gasteiger partial charge in [0.25, 0.3) is 0 Å². The van der Waals surface area contributed by atoms with E-state index in [9.17, 15) is 5.11 Å². The number of aliphatic hydroxyl groups is 1. The van der Waals surface area contributed by atoms with Crippen LogP contribution in [-0.2, 0) is 6.54 Å². The Labute approximate surface area is 110 Å². The van der Waals surface area contributed by atoms with Crippen molar-refractivity contribution in [1.82, 2.24) is 5.32 Å². The smallest absolute Gasteiger partial charge is 0.0613 e. The molecule has 0 atom stereocenters. The second-order valence-electron chi connectivity index (χ2n) is 5.78. The molecule has 2 N–H and O–H groups in total. The molecule has 0 saturated heterocycles. The Morgan fingerprint density at radius 2 is 1.89 bits per heavy atom. The first-order valence-corrected chi connectivity index (χ1v) is 7.07. The lowest BCUT2D eigenvalue weighted by molar-refractivity contribution is 0.119. The Kier molecular flexibility index (Phi) is 4.41. The van der Waals surface area contributed by atoms with E-state index in [1.807, 2.05) is 0 Å². The van der Waals surface area contributed by atoms with Crippen molar-refractivity contribution in [2.24, 2.45) is 0 Å². The fourth-order valence-electron chi connectivity index (χ4n) is 2.95. The molecule has 1 saturated carbocycles. The van der Waals surface area contributed by atoms with Crippen LogP contribution in [0.25, 0.3) is 0 Å². The highest BCUT2D eigenvalue weighted by atomic mass is 16.3. The van der Waals surface area contributed by atoms with Crippen LogP contribution in [-0.4, -0.2) is 17.3 Å². The van der Waals surface area contributed by atoms with Crippen LogP contribution in [0, 0.1) is 13.8 Å². The maximum atomic E-state index is 9.67. The van der Waals surface area contributed by atoms with Crippen LogP contribution in [0.5, 0.6) is 0 Å². The van der Waals surface area contributed by atoms with Crippen LogP contribution in [0.4, 0.5) is 0 Å². The van der Waals surface area contributed by atoms with Gasteiger partial charge in [0, 0.05) is 12.1 Å². The van der Waals surface area contributed by atoms with Crippen LogP contribution in [0.2, 0.25) is 0 Å². The average molecular weight is 247 g/mol. The summed E-state index contributed by atoms with van der Waals surface area (Å²) in [6.07, 6.45) is 6.00. The molecule has 1 fully saturated rings. The average Bonchev–Trinajstić information content (AvgIpc) is 2.39. The van der Waals surface area contributed by atoms with Gasteiger partial charge in [0.05, 0.1) is 6.61 Å². The zero-order valence-corrected chi connectivity index (χ0v) is 11.6. The highest BCUT2D eigenvalue weighted by Crippen LogP contribution is 2.28. The first-order chi connectivity index (χ1) is 8.65. The Hall–Kier alpha value is -0.860. The van der Waals surface area contributed by atoms with Crippen molar-refractivity contribution in [1.29, 1.82) is 0 Å².